The topological polar surface area (TPSA) is 97.2 Å². The van der Waals surface area contributed by atoms with Gasteiger partial charge in [-0.15, -0.1) is 5.10 Å². The minimum atomic E-state index is -3.92. The largest absolute Gasteiger partial charge is 0.379 e. The van der Waals surface area contributed by atoms with Crippen LogP contribution in [0.1, 0.15) is 30.9 Å². The molecule has 0 aromatic heterocycles. The van der Waals surface area contributed by atoms with Crippen LogP contribution in [0.2, 0.25) is 0 Å². The monoisotopic (exact) mass is 431 g/mol. The van der Waals surface area contributed by atoms with Crippen LogP contribution in [0.15, 0.2) is 63.6 Å². The quantitative estimate of drug-likeness (QED) is 0.411. The highest BCUT2D eigenvalue weighted by Crippen LogP contribution is 2.23. The molecular weight excluding hydrogens is 410 g/mol. The van der Waals surface area contributed by atoms with Gasteiger partial charge in [0.25, 0.3) is 0 Å². The Morgan fingerprint density at radius 2 is 1.97 bits per heavy atom. The minimum absolute atomic E-state index is 0.0532. The van der Waals surface area contributed by atoms with Crippen molar-refractivity contribution < 1.29 is 17.4 Å². The maximum absolute atomic E-state index is 12.4. The SMILES string of the molecule is CCC[C@@H]1S/C(=N\N=C/c2cccc(OS(=O)(=O)c3ccc(C)cc3)c2)NC1=O. The summed E-state index contributed by atoms with van der Waals surface area (Å²) in [5.41, 5.74) is 1.58. The fourth-order valence-electron chi connectivity index (χ4n) is 2.58. The standard InChI is InChI=1S/C20H21N3O4S2/c1-3-5-18-19(24)22-20(28-18)23-21-13-15-6-4-7-16(12-15)27-29(25,26)17-10-8-14(2)9-11-17/h4,6-13,18H,3,5H2,1-2H3,(H,22,23,24)/b21-13-/t18-/m0/s1. The number of thioether (sulfide) groups is 1. The van der Waals surface area contributed by atoms with Crippen LogP contribution in [-0.4, -0.2) is 31.0 Å². The summed E-state index contributed by atoms with van der Waals surface area (Å²) in [7, 11) is -3.92. The van der Waals surface area contributed by atoms with Crippen molar-refractivity contribution in [3.8, 4) is 5.75 Å². The Hall–Kier alpha value is -2.65. The van der Waals surface area contributed by atoms with Crippen molar-refractivity contribution in [3.63, 3.8) is 0 Å². The lowest BCUT2D eigenvalue weighted by atomic mass is 10.2. The zero-order valence-electron chi connectivity index (χ0n) is 16.0. The van der Waals surface area contributed by atoms with E-state index in [-0.39, 0.29) is 21.8 Å². The second-order valence-corrected chi connectivity index (χ2v) is 9.19. The second-order valence-electron chi connectivity index (χ2n) is 6.46. The van der Waals surface area contributed by atoms with Crippen LogP contribution in [0.25, 0.3) is 0 Å². The summed E-state index contributed by atoms with van der Waals surface area (Å²) in [6.07, 6.45) is 3.17. The Kier molecular flexibility index (Phi) is 6.71. The van der Waals surface area contributed by atoms with Crippen molar-refractivity contribution in [2.45, 2.75) is 36.8 Å². The zero-order valence-corrected chi connectivity index (χ0v) is 17.7. The maximum atomic E-state index is 12.4. The molecule has 1 amide bonds. The smallest absolute Gasteiger partial charge is 0.339 e. The van der Waals surface area contributed by atoms with E-state index in [1.165, 1.54) is 30.1 Å². The molecule has 1 aliphatic heterocycles. The molecule has 1 aliphatic rings. The summed E-state index contributed by atoms with van der Waals surface area (Å²) in [5, 5.41) is 11.0. The molecule has 1 fully saturated rings. The lowest BCUT2D eigenvalue weighted by molar-refractivity contribution is -0.118. The van der Waals surface area contributed by atoms with Crippen LogP contribution >= 0.6 is 11.8 Å². The molecule has 2 aromatic carbocycles. The number of benzene rings is 2. The normalized spacial score (nSPS) is 18.3. The Morgan fingerprint density at radius 1 is 1.21 bits per heavy atom. The highest BCUT2D eigenvalue weighted by Gasteiger charge is 2.29. The highest BCUT2D eigenvalue weighted by atomic mass is 32.2. The summed E-state index contributed by atoms with van der Waals surface area (Å²) in [5.74, 6) is 0.122. The predicted molar refractivity (Wildman–Crippen MR) is 115 cm³/mol. The van der Waals surface area contributed by atoms with Crippen molar-refractivity contribution in [3.05, 3.63) is 59.7 Å². The van der Waals surface area contributed by atoms with Gasteiger partial charge in [-0.3, -0.25) is 4.79 Å². The Bertz CT molecular complexity index is 1050. The maximum Gasteiger partial charge on any atom is 0.339 e. The number of carbonyl (C=O) groups is 1. The predicted octanol–water partition coefficient (Wildman–Crippen LogP) is 3.48. The summed E-state index contributed by atoms with van der Waals surface area (Å²) in [6.45, 7) is 3.90. The first-order chi connectivity index (χ1) is 13.9. The van der Waals surface area contributed by atoms with Gasteiger partial charge < -0.3 is 9.50 Å². The van der Waals surface area contributed by atoms with E-state index >= 15 is 0 Å². The molecule has 7 nitrogen and oxygen atoms in total. The van der Waals surface area contributed by atoms with E-state index in [0.29, 0.717) is 10.7 Å². The molecule has 3 rings (SSSR count). The van der Waals surface area contributed by atoms with E-state index in [2.05, 4.69) is 15.5 Å². The van der Waals surface area contributed by atoms with Gasteiger partial charge in [-0.05, 0) is 43.2 Å². The van der Waals surface area contributed by atoms with Crippen LogP contribution in [-0.2, 0) is 14.9 Å². The average Bonchev–Trinajstić information content (AvgIpc) is 3.02. The second kappa shape index (κ2) is 9.23. The van der Waals surface area contributed by atoms with E-state index in [9.17, 15) is 13.2 Å². The number of nitrogens with zero attached hydrogens (tertiary/aromatic N) is 2. The molecule has 1 saturated heterocycles. The molecule has 1 heterocycles. The van der Waals surface area contributed by atoms with Gasteiger partial charge in [-0.2, -0.15) is 13.5 Å². The Balaban J connectivity index is 1.68. The first-order valence-electron chi connectivity index (χ1n) is 9.07. The highest BCUT2D eigenvalue weighted by molar-refractivity contribution is 8.15. The van der Waals surface area contributed by atoms with Gasteiger partial charge in [0.2, 0.25) is 5.91 Å². The van der Waals surface area contributed by atoms with Crippen molar-refractivity contribution in [2.75, 3.05) is 0 Å². The van der Waals surface area contributed by atoms with Crippen LogP contribution in [0.3, 0.4) is 0 Å². The van der Waals surface area contributed by atoms with Crippen molar-refractivity contribution in [1.29, 1.82) is 0 Å². The van der Waals surface area contributed by atoms with Gasteiger partial charge in [-0.25, -0.2) is 0 Å². The molecule has 0 saturated carbocycles. The molecule has 0 unspecified atom stereocenters. The third-order valence-electron chi connectivity index (χ3n) is 4.06. The molecule has 1 atom stereocenters. The summed E-state index contributed by atoms with van der Waals surface area (Å²) in [4.78, 5) is 11.9. The lowest BCUT2D eigenvalue weighted by Gasteiger charge is -2.07. The molecule has 9 heteroatoms. The van der Waals surface area contributed by atoms with Crippen molar-refractivity contribution >= 4 is 39.2 Å². The number of nitrogens with one attached hydrogen (secondary N) is 1. The number of carbonyl (C=O) groups excluding carboxylic acids is 1. The first kappa shape index (κ1) is 21.1. The van der Waals surface area contributed by atoms with E-state index in [4.69, 9.17) is 4.18 Å². The fourth-order valence-corrected chi connectivity index (χ4v) is 4.54. The molecule has 0 radical (unpaired) electrons. The molecule has 152 valence electrons. The zero-order chi connectivity index (χ0) is 20.9. The molecule has 1 N–H and O–H groups in total. The molecular formula is C20H21N3O4S2. The van der Waals surface area contributed by atoms with E-state index in [0.717, 1.165) is 18.4 Å². The van der Waals surface area contributed by atoms with Gasteiger partial charge in [0, 0.05) is 0 Å². The number of hydrogen-bond donors (Lipinski definition) is 1. The van der Waals surface area contributed by atoms with E-state index in [1.54, 1.807) is 36.4 Å². The third kappa shape index (κ3) is 5.68. The lowest BCUT2D eigenvalue weighted by Crippen LogP contribution is -2.24. The van der Waals surface area contributed by atoms with Crippen LogP contribution in [0, 0.1) is 6.92 Å². The number of hydrogen-bond acceptors (Lipinski definition) is 7. The van der Waals surface area contributed by atoms with Crippen LogP contribution < -0.4 is 9.50 Å². The molecule has 0 aliphatic carbocycles. The van der Waals surface area contributed by atoms with Crippen LogP contribution in [0.5, 0.6) is 5.75 Å². The summed E-state index contributed by atoms with van der Waals surface area (Å²) < 4.78 is 30.0. The van der Waals surface area contributed by atoms with Crippen molar-refractivity contribution in [1.82, 2.24) is 5.32 Å². The average molecular weight is 432 g/mol. The minimum Gasteiger partial charge on any atom is -0.379 e. The van der Waals surface area contributed by atoms with Gasteiger partial charge in [-0.1, -0.05) is 54.9 Å². The summed E-state index contributed by atoms with van der Waals surface area (Å²) >= 11 is 1.36. The Labute approximate surface area is 174 Å². The number of rotatable bonds is 7. The van der Waals surface area contributed by atoms with E-state index < -0.39 is 10.1 Å². The van der Waals surface area contributed by atoms with Gasteiger partial charge in [0.05, 0.1) is 11.5 Å². The fraction of sp³-hybridized carbons (Fsp3) is 0.250. The number of amides is 1. The molecule has 29 heavy (non-hydrogen) atoms. The van der Waals surface area contributed by atoms with Crippen molar-refractivity contribution in [2.24, 2.45) is 10.2 Å². The summed E-state index contributed by atoms with van der Waals surface area (Å²) in [6, 6.07) is 12.9. The molecule has 0 spiro atoms. The Morgan fingerprint density at radius 3 is 2.69 bits per heavy atom. The van der Waals surface area contributed by atoms with Crippen LogP contribution in [0.4, 0.5) is 0 Å². The molecule has 0 bridgehead atoms. The third-order valence-corrected chi connectivity index (χ3v) is 6.46. The van der Waals surface area contributed by atoms with Gasteiger partial charge in [0.1, 0.15) is 10.6 Å². The first-order valence-corrected chi connectivity index (χ1v) is 11.4. The number of amidine groups is 1. The molecule has 2 aromatic rings. The number of aryl methyl sites for hydroxylation is 1. The van der Waals surface area contributed by atoms with E-state index in [1.807, 2.05) is 13.8 Å². The van der Waals surface area contributed by atoms with Gasteiger partial charge in [0.15, 0.2) is 5.17 Å². The van der Waals surface area contributed by atoms with Gasteiger partial charge >= 0.3 is 10.1 Å².